The molecule has 0 aromatic heterocycles. The van der Waals surface area contributed by atoms with Crippen molar-refractivity contribution in [2.24, 2.45) is 15.9 Å². The molecule has 1 aromatic carbocycles. The number of amidine groups is 1. The maximum Gasteiger partial charge on any atom is 0.153 e. The highest BCUT2D eigenvalue weighted by molar-refractivity contribution is 6.07. The monoisotopic (exact) mass is 218 g/mol. The third-order valence-electron chi connectivity index (χ3n) is 2.47. The number of hydrogen-bond acceptors (Lipinski definition) is 5. The van der Waals surface area contributed by atoms with E-state index < -0.39 is 6.17 Å². The number of nitrogens with zero attached hydrogens (tertiary/aromatic N) is 3. The predicted molar refractivity (Wildman–Crippen MR) is 62.3 cm³/mol. The van der Waals surface area contributed by atoms with Crippen molar-refractivity contribution in [3.05, 3.63) is 35.9 Å². The summed E-state index contributed by atoms with van der Waals surface area (Å²) in [7, 11) is 0. The van der Waals surface area contributed by atoms with Crippen LogP contribution in [0, 0.1) is 0 Å². The molecule has 0 amide bonds. The van der Waals surface area contributed by atoms with Crippen LogP contribution in [0.1, 0.15) is 18.9 Å². The predicted octanol–water partition coefficient (Wildman–Crippen LogP) is 1.19. The molecule has 0 saturated carbocycles. The van der Waals surface area contributed by atoms with Crippen LogP contribution in [-0.4, -0.2) is 28.0 Å². The lowest BCUT2D eigenvalue weighted by Gasteiger charge is -2.28. The molecular weight excluding hydrogens is 204 g/mol. The van der Waals surface area contributed by atoms with Crippen LogP contribution in [0.4, 0.5) is 0 Å². The van der Waals surface area contributed by atoms with Gasteiger partial charge in [0.2, 0.25) is 0 Å². The molecule has 84 valence electrons. The second-order valence-corrected chi connectivity index (χ2v) is 3.51. The first-order chi connectivity index (χ1) is 7.74. The van der Waals surface area contributed by atoms with E-state index >= 15 is 0 Å². The molecule has 3 N–H and O–H groups in total. The first kappa shape index (κ1) is 10.8. The molecule has 0 spiro atoms. The lowest BCUT2D eigenvalue weighted by atomic mass is 10.1. The largest absolute Gasteiger partial charge is 0.304 e. The molecule has 1 aliphatic rings. The van der Waals surface area contributed by atoms with Gasteiger partial charge in [-0.1, -0.05) is 37.3 Å². The summed E-state index contributed by atoms with van der Waals surface area (Å²) in [5, 5.41) is 18.7. The number of hydrogen-bond donors (Lipinski definition) is 2. The second kappa shape index (κ2) is 4.42. The Bertz CT molecular complexity index is 427. The summed E-state index contributed by atoms with van der Waals surface area (Å²) in [4.78, 5) is 0. The number of rotatable bonds is 2. The lowest BCUT2D eigenvalue weighted by molar-refractivity contribution is -0.0346. The summed E-state index contributed by atoms with van der Waals surface area (Å²) in [6, 6.07) is 9.48. The van der Waals surface area contributed by atoms with Crippen molar-refractivity contribution in [3.8, 4) is 0 Å². The van der Waals surface area contributed by atoms with Gasteiger partial charge < -0.3 is 5.73 Å². The van der Waals surface area contributed by atoms with E-state index in [-0.39, 0.29) is 0 Å². The molecule has 0 radical (unpaired) electrons. The quantitative estimate of drug-likeness (QED) is 0.783. The van der Waals surface area contributed by atoms with Crippen molar-refractivity contribution in [3.63, 3.8) is 0 Å². The maximum absolute atomic E-state index is 9.77. The fourth-order valence-electron chi connectivity index (χ4n) is 1.56. The van der Waals surface area contributed by atoms with E-state index in [9.17, 15) is 5.21 Å². The van der Waals surface area contributed by atoms with Crippen molar-refractivity contribution >= 4 is 11.5 Å². The van der Waals surface area contributed by atoms with E-state index in [2.05, 4.69) is 10.2 Å². The number of benzene rings is 1. The summed E-state index contributed by atoms with van der Waals surface area (Å²) in [6.45, 7) is 1.89. The van der Waals surface area contributed by atoms with Gasteiger partial charge in [-0.05, 0) is 0 Å². The van der Waals surface area contributed by atoms with Gasteiger partial charge in [-0.15, -0.1) is 10.2 Å². The van der Waals surface area contributed by atoms with Gasteiger partial charge in [0.25, 0.3) is 0 Å². The van der Waals surface area contributed by atoms with Crippen LogP contribution < -0.4 is 5.73 Å². The summed E-state index contributed by atoms with van der Waals surface area (Å²) in [6.07, 6.45) is -0.0645. The first-order valence-electron chi connectivity index (χ1n) is 5.17. The highest BCUT2D eigenvalue weighted by atomic mass is 16.5. The Kier molecular flexibility index (Phi) is 2.98. The molecule has 1 aliphatic heterocycles. The van der Waals surface area contributed by atoms with Gasteiger partial charge >= 0.3 is 0 Å². The molecule has 0 aliphatic carbocycles. The van der Waals surface area contributed by atoms with Crippen molar-refractivity contribution in [1.29, 1.82) is 0 Å². The van der Waals surface area contributed by atoms with Crippen molar-refractivity contribution in [1.82, 2.24) is 5.06 Å². The standard InChI is InChI=1S/C11H14N4O/c1-2-9-13-14-10(11(12)15(9)16)8-6-4-3-5-7-8/h3-7,11,16H,2,12H2,1H3. The van der Waals surface area contributed by atoms with E-state index in [1.165, 1.54) is 0 Å². The van der Waals surface area contributed by atoms with E-state index in [0.29, 0.717) is 18.0 Å². The van der Waals surface area contributed by atoms with Gasteiger partial charge in [-0.25, -0.2) is 5.06 Å². The number of nitrogens with two attached hydrogens (primary N) is 1. The average molecular weight is 218 g/mol. The van der Waals surface area contributed by atoms with Gasteiger partial charge in [-0.3, -0.25) is 5.21 Å². The van der Waals surface area contributed by atoms with Crippen LogP contribution in [0.3, 0.4) is 0 Å². The molecule has 0 fully saturated rings. The molecular formula is C11H14N4O. The molecule has 1 heterocycles. The van der Waals surface area contributed by atoms with Gasteiger partial charge in [0, 0.05) is 12.0 Å². The average Bonchev–Trinajstić information content (AvgIpc) is 2.34. The SMILES string of the molecule is CCC1=NN=C(c2ccccc2)C(N)N1O. The topological polar surface area (TPSA) is 74.2 Å². The van der Waals surface area contributed by atoms with Gasteiger partial charge in [0.1, 0.15) is 11.9 Å². The zero-order chi connectivity index (χ0) is 11.5. The molecule has 5 nitrogen and oxygen atoms in total. The third kappa shape index (κ3) is 1.82. The molecule has 2 rings (SSSR count). The molecule has 0 saturated heterocycles. The lowest BCUT2D eigenvalue weighted by Crippen LogP contribution is -2.50. The van der Waals surface area contributed by atoms with Crippen LogP contribution in [0.25, 0.3) is 0 Å². The van der Waals surface area contributed by atoms with Crippen LogP contribution in [0.15, 0.2) is 40.5 Å². The zero-order valence-electron chi connectivity index (χ0n) is 9.04. The zero-order valence-corrected chi connectivity index (χ0v) is 9.04. The first-order valence-corrected chi connectivity index (χ1v) is 5.17. The Morgan fingerprint density at radius 3 is 2.62 bits per heavy atom. The van der Waals surface area contributed by atoms with E-state index in [0.717, 1.165) is 10.6 Å². The molecule has 1 unspecified atom stereocenters. The van der Waals surface area contributed by atoms with E-state index in [1.807, 2.05) is 37.3 Å². The van der Waals surface area contributed by atoms with Crippen molar-refractivity contribution in [2.75, 3.05) is 0 Å². The Morgan fingerprint density at radius 2 is 2.00 bits per heavy atom. The molecule has 5 heteroatoms. The van der Waals surface area contributed by atoms with Gasteiger partial charge in [0.05, 0.1) is 0 Å². The fraction of sp³-hybridized carbons (Fsp3) is 0.273. The smallest absolute Gasteiger partial charge is 0.153 e. The van der Waals surface area contributed by atoms with Crippen molar-refractivity contribution < 1.29 is 5.21 Å². The van der Waals surface area contributed by atoms with Gasteiger partial charge in [-0.2, -0.15) is 0 Å². The number of hydroxylamine groups is 2. The van der Waals surface area contributed by atoms with E-state index in [1.54, 1.807) is 0 Å². The highest BCUT2D eigenvalue weighted by Gasteiger charge is 2.25. The third-order valence-corrected chi connectivity index (χ3v) is 2.47. The minimum atomic E-state index is -0.658. The fourth-order valence-corrected chi connectivity index (χ4v) is 1.56. The summed E-state index contributed by atoms with van der Waals surface area (Å²) < 4.78 is 0. The summed E-state index contributed by atoms with van der Waals surface area (Å²) in [5.41, 5.74) is 7.32. The Balaban J connectivity index is 2.36. The minimum absolute atomic E-state index is 0.479. The molecule has 1 aromatic rings. The Morgan fingerprint density at radius 1 is 1.31 bits per heavy atom. The van der Waals surface area contributed by atoms with Crippen LogP contribution in [0.2, 0.25) is 0 Å². The highest BCUT2D eigenvalue weighted by Crippen LogP contribution is 2.12. The summed E-state index contributed by atoms with van der Waals surface area (Å²) >= 11 is 0. The van der Waals surface area contributed by atoms with Crippen molar-refractivity contribution in [2.45, 2.75) is 19.5 Å². The Labute approximate surface area is 93.9 Å². The Hall–Kier alpha value is -1.72. The molecule has 1 atom stereocenters. The minimum Gasteiger partial charge on any atom is -0.304 e. The second-order valence-electron chi connectivity index (χ2n) is 3.51. The normalized spacial score (nSPS) is 20.4. The maximum atomic E-state index is 9.77. The van der Waals surface area contributed by atoms with E-state index in [4.69, 9.17) is 5.73 Å². The van der Waals surface area contributed by atoms with Crippen LogP contribution in [-0.2, 0) is 0 Å². The van der Waals surface area contributed by atoms with Crippen LogP contribution >= 0.6 is 0 Å². The van der Waals surface area contributed by atoms with Gasteiger partial charge in [0.15, 0.2) is 5.84 Å². The van der Waals surface area contributed by atoms with Crippen LogP contribution in [0.5, 0.6) is 0 Å². The summed E-state index contributed by atoms with van der Waals surface area (Å²) in [5.74, 6) is 0.479. The molecule has 0 bridgehead atoms. The molecule has 16 heavy (non-hydrogen) atoms.